The van der Waals surface area contributed by atoms with Crippen LogP contribution in [0.4, 0.5) is 19.1 Å². The number of hydrogen-bond acceptors (Lipinski definition) is 4. The molecule has 0 radical (unpaired) electrons. The average molecular weight is 351 g/mol. The third-order valence-electron chi connectivity index (χ3n) is 4.16. The molecule has 1 aromatic carbocycles. The molecule has 1 fully saturated rings. The number of alkyl halides is 3. The molecule has 0 saturated carbocycles. The molecular formula is C17H16F3N3O2. The van der Waals surface area contributed by atoms with Gasteiger partial charge in [-0.15, -0.1) is 0 Å². The van der Waals surface area contributed by atoms with Crippen LogP contribution in [0.5, 0.6) is 0 Å². The molecule has 5 nitrogen and oxygen atoms in total. The molecule has 1 N–H and O–H groups in total. The molecule has 132 valence electrons. The van der Waals surface area contributed by atoms with E-state index in [1.165, 1.54) is 0 Å². The SMILES string of the molecule is C[C@H]1CCN1c1nc(-c2cccc(CC(=O)O)c2)cc(C(F)(F)F)n1. The minimum atomic E-state index is -4.58. The van der Waals surface area contributed by atoms with Crippen LogP contribution in [0.3, 0.4) is 0 Å². The van der Waals surface area contributed by atoms with Crippen LogP contribution in [0.25, 0.3) is 11.3 Å². The van der Waals surface area contributed by atoms with Gasteiger partial charge >= 0.3 is 12.1 Å². The predicted octanol–water partition coefficient (Wildman–Crippen LogP) is 3.39. The first-order valence-electron chi connectivity index (χ1n) is 7.78. The van der Waals surface area contributed by atoms with Crippen molar-refractivity contribution in [2.45, 2.75) is 32.0 Å². The summed E-state index contributed by atoms with van der Waals surface area (Å²) in [5.41, 5.74) is 0.0519. The van der Waals surface area contributed by atoms with Crippen LogP contribution in [-0.4, -0.2) is 33.6 Å². The summed E-state index contributed by atoms with van der Waals surface area (Å²) in [6, 6.07) is 7.36. The van der Waals surface area contributed by atoms with Crippen molar-refractivity contribution in [3.05, 3.63) is 41.6 Å². The molecular weight excluding hydrogens is 335 g/mol. The van der Waals surface area contributed by atoms with Crippen molar-refractivity contribution in [1.82, 2.24) is 9.97 Å². The van der Waals surface area contributed by atoms with Gasteiger partial charge in [0.25, 0.3) is 0 Å². The number of aromatic nitrogens is 2. The van der Waals surface area contributed by atoms with E-state index >= 15 is 0 Å². The topological polar surface area (TPSA) is 66.3 Å². The van der Waals surface area contributed by atoms with Crippen LogP contribution in [0.15, 0.2) is 30.3 Å². The molecule has 0 spiro atoms. The largest absolute Gasteiger partial charge is 0.481 e. The van der Waals surface area contributed by atoms with Crippen molar-refractivity contribution in [2.24, 2.45) is 0 Å². The van der Waals surface area contributed by atoms with Gasteiger partial charge in [-0.25, -0.2) is 9.97 Å². The van der Waals surface area contributed by atoms with Gasteiger partial charge in [-0.2, -0.15) is 13.2 Å². The fourth-order valence-corrected chi connectivity index (χ4v) is 2.68. The van der Waals surface area contributed by atoms with Gasteiger partial charge in [0.15, 0.2) is 5.69 Å². The second-order valence-electron chi connectivity index (χ2n) is 6.04. The van der Waals surface area contributed by atoms with Gasteiger partial charge in [-0.05, 0) is 31.0 Å². The van der Waals surface area contributed by atoms with Gasteiger partial charge in [-0.1, -0.05) is 18.2 Å². The maximum Gasteiger partial charge on any atom is 0.433 e. The molecule has 0 unspecified atom stereocenters. The van der Waals surface area contributed by atoms with E-state index in [1.807, 2.05) is 6.92 Å². The first kappa shape index (κ1) is 17.2. The highest BCUT2D eigenvalue weighted by Gasteiger charge is 2.35. The monoisotopic (exact) mass is 351 g/mol. The standard InChI is InChI=1S/C17H16F3N3O2/c1-10-5-6-23(10)16-21-13(9-14(22-16)17(18,19)20)12-4-2-3-11(7-12)8-15(24)25/h2-4,7,9-10H,5-6,8H2,1H3,(H,24,25)/t10-/m0/s1. The highest BCUT2D eigenvalue weighted by Crippen LogP contribution is 2.33. The molecule has 3 rings (SSSR count). The lowest BCUT2D eigenvalue weighted by Gasteiger charge is -2.39. The van der Waals surface area contributed by atoms with E-state index in [2.05, 4.69) is 9.97 Å². The highest BCUT2D eigenvalue weighted by molar-refractivity contribution is 5.71. The minimum absolute atomic E-state index is 0.0483. The molecule has 2 heterocycles. The summed E-state index contributed by atoms with van der Waals surface area (Å²) in [6.45, 7) is 2.52. The fourth-order valence-electron chi connectivity index (χ4n) is 2.68. The van der Waals surface area contributed by atoms with E-state index in [0.29, 0.717) is 17.7 Å². The molecule has 1 saturated heterocycles. The van der Waals surface area contributed by atoms with E-state index in [4.69, 9.17) is 5.11 Å². The number of aliphatic carboxylic acids is 1. The summed E-state index contributed by atoms with van der Waals surface area (Å²) in [4.78, 5) is 20.5. The molecule has 0 amide bonds. The van der Waals surface area contributed by atoms with E-state index in [-0.39, 0.29) is 24.1 Å². The van der Waals surface area contributed by atoms with Crippen LogP contribution in [0.1, 0.15) is 24.6 Å². The number of halogens is 3. The zero-order valence-electron chi connectivity index (χ0n) is 13.4. The average Bonchev–Trinajstić information content (AvgIpc) is 2.52. The lowest BCUT2D eigenvalue weighted by molar-refractivity contribution is -0.141. The molecule has 8 heteroatoms. The second-order valence-corrected chi connectivity index (χ2v) is 6.04. The van der Waals surface area contributed by atoms with Crippen LogP contribution in [-0.2, 0) is 17.4 Å². The number of anilines is 1. The van der Waals surface area contributed by atoms with E-state index in [0.717, 1.165) is 12.5 Å². The normalized spacial score (nSPS) is 17.3. The fraction of sp³-hybridized carbons (Fsp3) is 0.353. The molecule has 0 bridgehead atoms. The van der Waals surface area contributed by atoms with Gasteiger partial charge in [0.05, 0.1) is 12.1 Å². The van der Waals surface area contributed by atoms with Crippen LogP contribution < -0.4 is 4.90 Å². The molecule has 2 aromatic rings. The number of carboxylic acid groups (broad SMARTS) is 1. The third kappa shape index (κ3) is 3.72. The summed E-state index contributed by atoms with van der Waals surface area (Å²) in [6.07, 6.45) is -3.91. The van der Waals surface area contributed by atoms with Crippen molar-refractivity contribution in [3.63, 3.8) is 0 Å². The Morgan fingerprint density at radius 1 is 1.32 bits per heavy atom. The summed E-state index contributed by atoms with van der Waals surface area (Å²) in [5.74, 6) is -0.960. The van der Waals surface area contributed by atoms with Crippen molar-refractivity contribution < 1.29 is 23.1 Å². The van der Waals surface area contributed by atoms with Crippen molar-refractivity contribution in [2.75, 3.05) is 11.4 Å². The van der Waals surface area contributed by atoms with Crippen molar-refractivity contribution in [3.8, 4) is 11.3 Å². The van der Waals surface area contributed by atoms with Crippen molar-refractivity contribution in [1.29, 1.82) is 0 Å². The number of carboxylic acids is 1. The maximum atomic E-state index is 13.2. The molecule has 0 aliphatic carbocycles. The Morgan fingerprint density at radius 3 is 2.64 bits per heavy atom. The first-order chi connectivity index (χ1) is 11.7. The van der Waals surface area contributed by atoms with Crippen LogP contribution in [0, 0.1) is 0 Å². The Hall–Kier alpha value is -2.64. The lowest BCUT2D eigenvalue weighted by atomic mass is 10.0. The van der Waals surface area contributed by atoms with Gasteiger partial charge in [-0.3, -0.25) is 4.79 Å². The zero-order chi connectivity index (χ0) is 18.2. The Kier molecular flexibility index (Phi) is 4.36. The van der Waals surface area contributed by atoms with Gasteiger partial charge in [0, 0.05) is 18.2 Å². The zero-order valence-corrected chi connectivity index (χ0v) is 13.4. The molecule has 1 aromatic heterocycles. The van der Waals surface area contributed by atoms with Gasteiger partial charge < -0.3 is 10.0 Å². The highest BCUT2D eigenvalue weighted by atomic mass is 19.4. The second kappa shape index (κ2) is 6.34. The number of benzene rings is 1. The summed E-state index contributed by atoms with van der Waals surface area (Å²) >= 11 is 0. The number of nitrogens with zero attached hydrogens (tertiary/aromatic N) is 3. The molecule has 1 atom stereocenters. The summed E-state index contributed by atoms with van der Waals surface area (Å²) in [7, 11) is 0. The van der Waals surface area contributed by atoms with E-state index in [9.17, 15) is 18.0 Å². The third-order valence-corrected chi connectivity index (χ3v) is 4.16. The number of rotatable bonds is 4. The van der Waals surface area contributed by atoms with Gasteiger partial charge in [0.2, 0.25) is 5.95 Å². The summed E-state index contributed by atoms with van der Waals surface area (Å²) < 4.78 is 39.6. The molecule has 1 aliphatic heterocycles. The Labute approximate surface area is 142 Å². The van der Waals surface area contributed by atoms with Gasteiger partial charge in [0.1, 0.15) is 0 Å². The minimum Gasteiger partial charge on any atom is -0.481 e. The predicted molar refractivity (Wildman–Crippen MR) is 85.2 cm³/mol. The smallest absolute Gasteiger partial charge is 0.433 e. The molecule has 1 aliphatic rings. The summed E-state index contributed by atoms with van der Waals surface area (Å²) in [5, 5.41) is 8.88. The Balaban J connectivity index is 2.05. The van der Waals surface area contributed by atoms with Crippen LogP contribution in [0.2, 0.25) is 0 Å². The Bertz CT molecular complexity index is 808. The number of hydrogen-bond donors (Lipinski definition) is 1. The molecule has 25 heavy (non-hydrogen) atoms. The Morgan fingerprint density at radius 2 is 2.08 bits per heavy atom. The maximum absolute atomic E-state index is 13.2. The van der Waals surface area contributed by atoms with E-state index < -0.39 is 17.8 Å². The van der Waals surface area contributed by atoms with E-state index in [1.54, 1.807) is 29.2 Å². The lowest BCUT2D eigenvalue weighted by Crippen LogP contribution is -2.46. The quantitative estimate of drug-likeness (QED) is 0.915. The number of carbonyl (C=O) groups is 1. The first-order valence-corrected chi connectivity index (χ1v) is 7.78. The van der Waals surface area contributed by atoms with Crippen molar-refractivity contribution >= 4 is 11.9 Å². The van der Waals surface area contributed by atoms with Crippen LogP contribution >= 0.6 is 0 Å².